The van der Waals surface area contributed by atoms with Crippen LogP contribution in [-0.4, -0.2) is 42.8 Å². The number of aromatic nitrogens is 6. The number of ether oxygens (including phenoxy) is 1. The van der Waals surface area contributed by atoms with Gasteiger partial charge in [0.25, 0.3) is 5.82 Å². The van der Waals surface area contributed by atoms with Crippen molar-refractivity contribution in [1.82, 2.24) is 30.2 Å². The van der Waals surface area contributed by atoms with Crippen LogP contribution in [0.5, 0.6) is 0 Å². The van der Waals surface area contributed by atoms with Crippen molar-refractivity contribution >= 4 is 5.97 Å². The molecule has 0 unspecified atom stereocenters. The second-order valence-electron chi connectivity index (χ2n) is 2.96. The fraction of sp³-hybridized carbons (Fsp3) is 0.375. The number of carbonyl (C=O) groups excluding carboxylic acids is 1. The third-order valence-electron chi connectivity index (χ3n) is 1.87. The molecular formula is C8H10N6O2. The summed E-state index contributed by atoms with van der Waals surface area (Å²) in [6, 6.07) is 0. The van der Waals surface area contributed by atoms with Gasteiger partial charge in [0, 0.05) is 7.05 Å². The predicted molar refractivity (Wildman–Crippen MR) is 52.3 cm³/mol. The van der Waals surface area contributed by atoms with Gasteiger partial charge in [-0.05, 0) is 6.92 Å². The lowest BCUT2D eigenvalue weighted by molar-refractivity contribution is 0.0512. The van der Waals surface area contributed by atoms with Gasteiger partial charge < -0.3 is 4.74 Å². The van der Waals surface area contributed by atoms with Gasteiger partial charge in [-0.1, -0.05) is 0 Å². The molecule has 0 aromatic carbocycles. The molecule has 84 valence electrons. The number of hydrogen-bond donors (Lipinski definition) is 1. The number of aromatic amines is 1. The van der Waals surface area contributed by atoms with Gasteiger partial charge in [-0.3, -0.25) is 0 Å². The van der Waals surface area contributed by atoms with E-state index in [1.54, 1.807) is 14.0 Å². The Morgan fingerprint density at radius 1 is 1.62 bits per heavy atom. The summed E-state index contributed by atoms with van der Waals surface area (Å²) in [7, 11) is 1.67. The molecule has 0 saturated heterocycles. The molecule has 0 aliphatic rings. The van der Waals surface area contributed by atoms with Crippen LogP contribution in [0.1, 0.15) is 17.5 Å². The Bertz CT molecular complexity index is 489. The Labute approximate surface area is 90.6 Å². The molecule has 0 bridgehead atoms. The topological polar surface area (TPSA) is 98.6 Å². The number of nitrogens with one attached hydrogen (secondary N) is 1. The summed E-state index contributed by atoms with van der Waals surface area (Å²) < 4.78 is 6.24. The van der Waals surface area contributed by atoms with E-state index in [0.29, 0.717) is 11.5 Å². The summed E-state index contributed by atoms with van der Waals surface area (Å²) in [6.07, 6.45) is 1.50. The molecule has 0 radical (unpaired) electrons. The average Bonchev–Trinajstić information content (AvgIpc) is 2.86. The largest absolute Gasteiger partial charge is 0.460 e. The number of esters is 1. The first-order valence-electron chi connectivity index (χ1n) is 4.66. The number of nitrogens with zero attached hydrogens (tertiary/aromatic N) is 5. The molecule has 8 heteroatoms. The molecule has 0 aliphatic carbocycles. The summed E-state index contributed by atoms with van der Waals surface area (Å²) in [5.41, 5.74) is 0.519. The van der Waals surface area contributed by atoms with E-state index in [2.05, 4.69) is 25.5 Å². The van der Waals surface area contributed by atoms with E-state index in [0.717, 1.165) is 0 Å². The standard InChI is InChI=1S/C8H10N6O2/c1-3-16-8(15)6-10-7(14(2)12-6)5-4-9-13-11-5/h4H,3H2,1-2H3,(H,9,11,13). The monoisotopic (exact) mass is 222 g/mol. The first-order chi connectivity index (χ1) is 7.72. The van der Waals surface area contributed by atoms with Crippen molar-refractivity contribution in [1.29, 1.82) is 0 Å². The van der Waals surface area contributed by atoms with E-state index in [1.165, 1.54) is 10.9 Å². The maximum atomic E-state index is 11.4. The maximum Gasteiger partial charge on any atom is 0.378 e. The van der Waals surface area contributed by atoms with Gasteiger partial charge in [0.15, 0.2) is 5.82 Å². The van der Waals surface area contributed by atoms with Crippen LogP contribution in [0.4, 0.5) is 0 Å². The zero-order valence-electron chi connectivity index (χ0n) is 8.84. The minimum absolute atomic E-state index is 0.0161. The highest BCUT2D eigenvalue weighted by molar-refractivity contribution is 5.85. The first-order valence-corrected chi connectivity index (χ1v) is 4.66. The van der Waals surface area contributed by atoms with E-state index in [1.807, 2.05) is 0 Å². The summed E-state index contributed by atoms with van der Waals surface area (Å²) >= 11 is 0. The lowest BCUT2D eigenvalue weighted by atomic mass is 10.4. The average molecular weight is 222 g/mol. The Morgan fingerprint density at radius 2 is 2.44 bits per heavy atom. The van der Waals surface area contributed by atoms with E-state index < -0.39 is 5.97 Å². The van der Waals surface area contributed by atoms with Crippen molar-refractivity contribution in [3.63, 3.8) is 0 Å². The highest BCUT2D eigenvalue weighted by atomic mass is 16.5. The molecule has 0 aliphatic heterocycles. The van der Waals surface area contributed by atoms with E-state index in [-0.39, 0.29) is 12.4 Å². The SMILES string of the molecule is CCOC(=O)c1nc(-c2cn[nH]n2)n(C)n1. The van der Waals surface area contributed by atoms with Crippen LogP contribution in [0.15, 0.2) is 6.20 Å². The van der Waals surface area contributed by atoms with Gasteiger partial charge in [-0.2, -0.15) is 20.4 Å². The highest BCUT2D eigenvalue weighted by Gasteiger charge is 2.17. The van der Waals surface area contributed by atoms with E-state index in [4.69, 9.17) is 4.74 Å². The van der Waals surface area contributed by atoms with Gasteiger partial charge >= 0.3 is 5.97 Å². The quantitative estimate of drug-likeness (QED) is 0.720. The van der Waals surface area contributed by atoms with Gasteiger partial charge in [-0.25, -0.2) is 9.48 Å². The molecule has 2 aromatic rings. The molecule has 0 fully saturated rings. The molecule has 0 saturated carbocycles. The van der Waals surface area contributed by atoms with Crippen molar-refractivity contribution in [2.45, 2.75) is 6.92 Å². The number of H-pyrrole nitrogens is 1. The number of carbonyl (C=O) groups is 1. The third kappa shape index (κ3) is 1.76. The van der Waals surface area contributed by atoms with Crippen molar-refractivity contribution in [3.8, 4) is 11.5 Å². The fourth-order valence-electron chi connectivity index (χ4n) is 1.20. The lowest BCUT2D eigenvalue weighted by Gasteiger charge is -1.94. The van der Waals surface area contributed by atoms with Gasteiger partial charge in [-0.15, -0.1) is 5.10 Å². The van der Waals surface area contributed by atoms with Crippen molar-refractivity contribution in [2.24, 2.45) is 7.05 Å². The van der Waals surface area contributed by atoms with E-state index in [9.17, 15) is 4.79 Å². The van der Waals surface area contributed by atoms with Crippen LogP contribution in [0, 0.1) is 0 Å². The molecule has 16 heavy (non-hydrogen) atoms. The van der Waals surface area contributed by atoms with Crippen LogP contribution < -0.4 is 0 Å². The zero-order chi connectivity index (χ0) is 11.5. The minimum Gasteiger partial charge on any atom is -0.460 e. The van der Waals surface area contributed by atoms with Crippen LogP contribution >= 0.6 is 0 Å². The molecular weight excluding hydrogens is 212 g/mol. The van der Waals surface area contributed by atoms with Crippen LogP contribution in [0.2, 0.25) is 0 Å². The minimum atomic E-state index is -0.548. The smallest absolute Gasteiger partial charge is 0.378 e. The zero-order valence-corrected chi connectivity index (χ0v) is 8.84. The molecule has 0 atom stereocenters. The number of hydrogen-bond acceptors (Lipinski definition) is 6. The molecule has 2 rings (SSSR count). The molecule has 1 N–H and O–H groups in total. The van der Waals surface area contributed by atoms with Gasteiger partial charge in [0.1, 0.15) is 5.69 Å². The Kier molecular flexibility index (Phi) is 2.63. The molecule has 2 heterocycles. The molecule has 0 amide bonds. The molecule has 0 spiro atoms. The van der Waals surface area contributed by atoms with Crippen LogP contribution in [-0.2, 0) is 11.8 Å². The second kappa shape index (κ2) is 4.09. The van der Waals surface area contributed by atoms with Gasteiger partial charge in [0.2, 0.25) is 0 Å². The van der Waals surface area contributed by atoms with Crippen molar-refractivity contribution in [3.05, 3.63) is 12.0 Å². The lowest BCUT2D eigenvalue weighted by Crippen LogP contribution is -2.07. The summed E-state index contributed by atoms with van der Waals surface area (Å²) in [4.78, 5) is 15.4. The van der Waals surface area contributed by atoms with Crippen LogP contribution in [0.25, 0.3) is 11.5 Å². The molecule has 2 aromatic heterocycles. The summed E-state index contributed by atoms with van der Waals surface area (Å²) in [6.45, 7) is 2.01. The van der Waals surface area contributed by atoms with Gasteiger partial charge in [0.05, 0.1) is 12.8 Å². The Hall–Kier alpha value is -2.25. The first kappa shape index (κ1) is 10.3. The number of aryl methyl sites for hydroxylation is 1. The van der Waals surface area contributed by atoms with Crippen molar-refractivity contribution < 1.29 is 9.53 Å². The fourth-order valence-corrected chi connectivity index (χ4v) is 1.20. The Morgan fingerprint density at radius 3 is 3.06 bits per heavy atom. The van der Waals surface area contributed by atoms with Crippen LogP contribution in [0.3, 0.4) is 0 Å². The number of rotatable bonds is 3. The predicted octanol–water partition coefficient (Wildman–Crippen LogP) is -0.223. The highest BCUT2D eigenvalue weighted by Crippen LogP contribution is 2.11. The summed E-state index contributed by atoms with van der Waals surface area (Å²) in [5.74, 6) is -0.0769. The Balaban J connectivity index is 2.32. The normalized spacial score (nSPS) is 10.4. The third-order valence-corrected chi connectivity index (χ3v) is 1.87. The van der Waals surface area contributed by atoms with Crippen molar-refractivity contribution in [2.75, 3.05) is 6.61 Å². The molecule has 8 nitrogen and oxygen atoms in total. The summed E-state index contributed by atoms with van der Waals surface area (Å²) in [5, 5.41) is 13.9. The second-order valence-corrected chi connectivity index (χ2v) is 2.96. The maximum absolute atomic E-state index is 11.4. The van der Waals surface area contributed by atoms with E-state index >= 15 is 0 Å².